The van der Waals surface area contributed by atoms with Gasteiger partial charge < -0.3 is 9.84 Å². The summed E-state index contributed by atoms with van der Waals surface area (Å²) in [5.41, 5.74) is -1.48. The van der Waals surface area contributed by atoms with Crippen LogP contribution in [0.25, 0.3) is 0 Å². The molecule has 0 radical (unpaired) electrons. The summed E-state index contributed by atoms with van der Waals surface area (Å²) in [6.07, 6.45) is 2.58. The lowest BCUT2D eigenvalue weighted by atomic mass is 9.81. The summed E-state index contributed by atoms with van der Waals surface area (Å²) < 4.78 is 34.4. The molecule has 28 heavy (non-hydrogen) atoms. The maximum Gasteiger partial charge on any atom is 0.312 e. The number of carbonyl (C=O) groups excluding carboxylic acids is 1. The highest BCUT2D eigenvalue weighted by Gasteiger charge is 2.43. The van der Waals surface area contributed by atoms with Crippen LogP contribution in [0.4, 0.5) is 8.78 Å². The van der Waals surface area contributed by atoms with E-state index in [9.17, 15) is 18.7 Å². The number of hydrogen-bond acceptors (Lipinski definition) is 5. The van der Waals surface area contributed by atoms with E-state index in [2.05, 4.69) is 10.1 Å². The zero-order valence-electron chi connectivity index (χ0n) is 15.1. The molecule has 146 valence electrons. The average Bonchev–Trinajstić information content (AvgIpc) is 3.18. The van der Waals surface area contributed by atoms with Crippen molar-refractivity contribution in [3.8, 4) is 0 Å². The van der Waals surface area contributed by atoms with Crippen LogP contribution in [-0.4, -0.2) is 25.8 Å². The third-order valence-electron chi connectivity index (χ3n) is 4.56. The second kappa shape index (κ2) is 8.26. The second-order valence-corrected chi connectivity index (χ2v) is 6.46. The first kappa shape index (κ1) is 19.6. The lowest BCUT2D eigenvalue weighted by Gasteiger charge is -2.33. The normalized spacial score (nSPS) is 14.3. The predicted octanol–water partition coefficient (Wildman–Crippen LogP) is 2.82. The van der Waals surface area contributed by atoms with E-state index >= 15 is 0 Å². The van der Waals surface area contributed by atoms with Gasteiger partial charge in [-0.3, -0.25) is 4.79 Å². The van der Waals surface area contributed by atoms with Crippen LogP contribution in [0.2, 0.25) is 0 Å². The molecule has 0 spiro atoms. The quantitative estimate of drug-likeness (QED) is 0.631. The SMILES string of the molecule is C[C@@H](C(=O)OCc1ccccc1)C(O)(Cn1cncn1)c1ccc(F)cc1F. The predicted molar refractivity (Wildman–Crippen MR) is 95.7 cm³/mol. The highest BCUT2D eigenvalue weighted by Crippen LogP contribution is 2.34. The van der Waals surface area contributed by atoms with E-state index in [0.717, 1.165) is 17.7 Å². The zero-order valence-corrected chi connectivity index (χ0v) is 15.1. The molecular formula is C20H19F2N3O3. The van der Waals surface area contributed by atoms with Crippen LogP contribution in [-0.2, 0) is 28.3 Å². The molecule has 2 aromatic carbocycles. The van der Waals surface area contributed by atoms with E-state index in [1.807, 2.05) is 18.2 Å². The van der Waals surface area contributed by atoms with Crippen molar-refractivity contribution in [3.05, 3.63) is 83.9 Å². The van der Waals surface area contributed by atoms with Crippen molar-refractivity contribution in [2.75, 3.05) is 0 Å². The first-order valence-electron chi connectivity index (χ1n) is 8.61. The fraction of sp³-hybridized carbons (Fsp3) is 0.250. The number of aliphatic hydroxyl groups is 1. The van der Waals surface area contributed by atoms with Gasteiger partial charge in [0.25, 0.3) is 0 Å². The average molecular weight is 387 g/mol. The molecule has 6 nitrogen and oxygen atoms in total. The summed E-state index contributed by atoms with van der Waals surface area (Å²) in [6.45, 7) is 1.17. The summed E-state index contributed by atoms with van der Waals surface area (Å²) in [5, 5.41) is 15.2. The fourth-order valence-corrected chi connectivity index (χ4v) is 2.91. The fourth-order valence-electron chi connectivity index (χ4n) is 2.91. The van der Waals surface area contributed by atoms with Gasteiger partial charge in [0.2, 0.25) is 0 Å². The molecular weight excluding hydrogens is 368 g/mol. The molecule has 1 N–H and O–H groups in total. The molecule has 0 fully saturated rings. The van der Waals surface area contributed by atoms with Crippen molar-refractivity contribution in [2.24, 2.45) is 5.92 Å². The highest BCUT2D eigenvalue weighted by atomic mass is 19.1. The van der Waals surface area contributed by atoms with Crippen molar-refractivity contribution in [1.29, 1.82) is 0 Å². The number of rotatable bonds is 7. The number of esters is 1. The molecule has 3 rings (SSSR count). The number of carbonyl (C=O) groups is 1. The molecule has 2 atom stereocenters. The molecule has 0 aliphatic rings. The van der Waals surface area contributed by atoms with Gasteiger partial charge in [0.1, 0.15) is 36.5 Å². The number of benzene rings is 2. The van der Waals surface area contributed by atoms with Gasteiger partial charge in [-0.2, -0.15) is 5.10 Å². The first-order valence-corrected chi connectivity index (χ1v) is 8.61. The lowest BCUT2D eigenvalue weighted by molar-refractivity contribution is -0.161. The Hall–Kier alpha value is -3.13. The number of ether oxygens (including phenoxy) is 1. The van der Waals surface area contributed by atoms with Crippen LogP contribution >= 0.6 is 0 Å². The molecule has 0 saturated heterocycles. The molecule has 0 amide bonds. The van der Waals surface area contributed by atoms with Gasteiger partial charge in [0.15, 0.2) is 0 Å². The summed E-state index contributed by atoms with van der Waals surface area (Å²) >= 11 is 0. The van der Waals surface area contributed by atoms with E-state index in [-0.39, 0.29) is 18.7 Å². The van der Waals surface area contributed by atoms with Gasteiger partial charge in [-0.25, -0.2) is 18.4 Å². The standard InChI is InChI=1S/C20H19F2N3O3/c1-14(19(26)28-10-15-5-3-2-4-6-15)20(27,11-25-13-23-12-24-25)17-8-7-16(21)9-18(17)22/h2-9,12-14,27H,10-11H2,1H3/t14-,20?/m0/s1. The Bertz CT molecular complexity index is 935. The molecule has 1 unspecified atom stereocenters. The Morgan fingerprint density at radius 3 is 2.64 bits per heavy atom. The van der Waals surface area contributed by atoms with Gasteiger partial charge >= 0.3 is 5.97 Å². The van der Waals surface area contributed by atoms with Crippen molar-refractivity contribution in [1.82, 2.24) is 14.8 Å². The Kier molecular flexibility index (Phi) is 5.79. The third-order valence-corrected chi connectivity index (χ3v) is 4.56. The van der Waals surface area contributed by atoms with Crippen LogP contribution in [0, 0.1) is 17.6 Å². The van der Waals surface area contributed by atoms with E-state index < -0.39 is 29.1 Å². The summed E-state index contributed by atoms with van der Waals surface area (Å²) in [4.78, 5) is 16.4. The number of nitrogens with zero attached hydrogens (tertiary/aromatic N) is 3. The minimum atomic E-state index is -2.03. The molecule has 8 heteroatoms. The number of halogens is 2. The number of aromatic nitrogens is 3. The summed E-state index contributed by atoms with van der Waals surface area (Å²) in [7, 11) is 0. The summed E-state index contributed by atoms with van der Waals surface area (Å²) in [5.74, 6) is -3.65. The minimum absolute atomic E-state index is 0.00924. The summed E-state index contributed by atoms with van der Waals surface area (Å²) in [6, 6.07) is 11.8. The molecule has 1 heterocycles. The Morgan fingerprint density at radius 2 is 2.00 bits per heavy atom. The number of hydrogen-bond donors (Lipinski definition) is 1. The maximum atomic E-state index is 14.5. The zero-order chi connectivity index (χ0) is 20.1. The Balaban J connectivity index is 1.87. The van der Waals surface area contributed by atoms with Gasteiger partial charge in [0, 0.05) is 11.6 Å². The van der Waals surface area contributed by atoms with Crippen LogP contribution < -0.4 is 0 Å². The van der Waals surface area contributed by atoms with Crippen molar-refractivity contribution in [2.45, 2.75) is 25.7 Å². The first-order chi connectivity index (χ1) is 13.4. The van der Waals surface area contributed by atoms with Gasteiger partial charge in [-0.15, -0.1) is 0 Å². The van der Waals surface area contributed by atoms with Crippen LogP contribution in [0.15, 0.2) is 61.2 Å². The van der Waals surface area contributed by atoms with E-state index in [0.29, 0.717) is 6.07 Å². The van der Waals surface area contributed by atoms with Crippen LogP contribution in [0.3, 0.4) is 0 Å². The van der Waals surface area contributed by atoms with E-state index in [4.69, 9.17) is 4.74 Å². The van der Waals surface area contributed by atoms with E-state index in [1.165, 1.54) is 24.3 Å². The van der Waals surface area contributed by atoms with E-state index in [1.54, 1.807) is 12.1 Å². The van der Waals surface area contributed by atoms with Crippen LogP contribution in [0.5, 0.6) is 0 Å². The Labute approximate surface area is 160 Å². The smallest absolute Gasteiger partial charge is 0.312 e. The molecule has 0 aliphatic heterocycles. The molecule has 0 aliphatic carbocycles. The second-order valence-electron chi connectivity index (χ2n) is 6.46. The van der Waals surface area contributed by atoms with Crippen molar-refractivity contribution < 1.29 is 23.4 Å². The van der Waals surface area contributed by atoms with Crippen molar-refractivity contribution >= 4 is 5.97 Å². The molecule has 1 aromatic heterocycles. The molecule has 0 saturated carbocycles. The monoisotopic (exact) mass is 387 g/mol. The topological polar surface area (TPSA) is 77.2 Å². The largest absolute Gasteiger partial charge is 0.461 e. The minimum Gasteiger partial charge on any atom is -0.461 e. The maximum absolute atomic E-state index is 14.5. The third kappa shape index (κ3) is 4.23. The van der Waals surface area contributed by atoms with Gasteiger partial charge in [-0.05, 0) is 18.6 Å². The van der Waals surface area contributed by atoms with Gasteiger partial charge in [0.05, 0.1) is 12.5 Å². The molecule has 0 bridgehead atoms. The van der Waals surface area contributed by atoms with Crippen LogP contribution in [0.1, 0.15) is 18.1 Å². The van der Waals surface area contributed by atoms with Gasteiger partial charge in [-0.1, -0.05) is 36.4 Å². The molecule has 3 aromatic rings. The van der Waals surface area contributed by atoms with Crippen molar-refractivity contribution in [3.63, 3.8) is 0 Å². The Morgan fingerprint density at radius 1 is 1.25 bits per heavy atom. The lowest BCUT2D eigenvalue weighted by Crippen LogP contribution is -2.43. The highest BCUT2D eigenvalue weighted by molar-refractivity contribution is 5.74.